The quantitative estimate of drug-likeness (QED) is 0.828. The van der Waals surface area contributed by atoms with Crippen LogP contribution >= 0.6 is 0 Å². The minimum absolute atomic E-state index is 0.269. The van der Waals surface area contributed by atoms with Crippen molar-refractivity contribution in [3.63, 3.8) is 0 Å². The summed E-state index contributed by atoms with van der Waals surface area (Å²) in [5.41, 5.74) is 1.94. The molecular weight excluding hydrogens is 348 g/mol. The Labute approximate surface area is 157 Å². The summed E-state index contributed by atoms with van der Waals surface area (Å²) in [6.07, 6.45) is -2.67. The highest BCUT2D eigenvalue weighted by Gasteiger charge is 2.56. The fraction of sp³-hybridized carbons (Fsp3) is 0.429. The van der Waals surface area contributed by atoms with Crippen molar-refractivity contribution in [2.45, 2.75) is 43.3 Å². The van der Waals surface area contributed by atoms with Gasteiger partial charge >= 0.3 is 0 Å². The monoisotopic (exact) mass is 370 g/mol. The van der Waals surface area contributed by atoms with Gasteiger partial charge in [-0.15, -0.1) is 0 Å². The van der Waals surface area contributed by atoms with Gasteiger partial charge in [0.1, 0.15) is 24.4 Å². The molecule has 3 aliphatic rings. The van der Waals surface area contributed by atoms with Crippen molar-refractivity contribution in [3.05, 3.63) is 71.8 Å². The van der Waals surface area contributed by atoms with Gasteiger partial charge < -0.3 is 28.4 Å². The van der Waals surface area contributed by atoms with Crippen LogP contribution in [-0.4, -0.2) is 44.4 Å². The minimum atomic E-state index is -0.523. The van der Waals surface area contributed by atoms with E-state index in [9.17, 15) is 0 Å². The van der Waals surface area contributed by atoms with Gasteiger partial charge in [-0.3, -0.25) is 0 Å². The highest BCUT2D eigenvalue weighted by Crippen LogP contribution is 2.43. The number of fused-ring (bicyclic) bond motifs is 3. The molecule has 6 heteroatoms. The third-order valence-electron chi connectivity index (χ3n) is 5.22. The first kappa shape index (κ1) is 17.3. The number of rotatable bonds is 3. The third-order valence-corrected chi connectivity index (χ3v) is 5.22. The van der Waals surface area contributed by atoms with Crippen molar-refractivity contribution in [1.82, 2.24) is 0 Å². The SMILES string of the molecule is CO[C@H]1O[C@@H]2COC(c3ccccc3)OC2[C@@H]2O[C@@H](c3ccccc3)OC12. The summed E-state index contributed by atoms with van der Waals surface area (Å²) in [5.74, 6) is 0. The molecule has 0 aromatic heterocycles. The lowest BCUT2D eigenvalue weighted by Crippen LogP contribution is -2.61. The van der Waals surface area contributed by atoms with Gasteiger partial charge in [0.2, 0.25) is 0 Å². The Hall–Kier alpha value is -1.80. The molecule has 0 bridgehead atoms. The Bertz CT molecular complexity index is 754. The Morgan fingerprint density at radius 3 is 1.96 bits per heavy atom. The third kappa shape index (κ3) is 3.18. The largest absolute Gasteiger partial charge is 0.353 e. The van der Waals surface area contributed by atoms with Crippen LogP contribution in [0.5, 0.6) is 0 Å². The number of ether oxygens (including phenoxy) is 6. The van der Waals surface area contributed by atoms with Crippen molar-refractivity contribution in [1.29, 1.82) is 0 Å². The molecule has 142 valence electrons. The zero-order chi connectivity index (χ0) is 18.2. The summed E-state index contributed by atoms with van der Waals surface area (Å²) in [5, 5.41) is 0. The maximum absolute atomic E-state index is 6.27. The van der Waals surface area contributed by atoms with E-state index in [0.717, 1.165) is 11.1 Å². The fourth-order valence-corrected chi connectivity index (χ4v) is 3.90. The molecule has 0 N–H and O–H groups in total. The lowest BCUT2D eigenvalue weighted by atomic mass is 9.98. The lowest BCUT2D eigenvalue weighted by Gasteiger charge is -2.45. The Morgan fingerprint density at radius 1 is 0.704 bits per heavy atom. The highest BCUT2D eigenvalue weighted by molar-refractivity contribution is 5.18. The second-order valence-electron chi connectivity index (χ2n) is 6.90. The van der Waals surface area contributed by atoms with E-state index in [2.05, 4.69) is 0 Å². The average molecular weight is 370 g/mol. The van der Waals surface area contributed by atoms with Crippen LogP contribution in [0.4, 0.5) is 0 Å². The van der Waals surface area contributed by atoms with Crippen molar-refractivity contribution in [2.24, 2.45) is 0 Å². The summed E-state index contributed by atoms with van der Waals surface area (Å²) in [4.78, 5) is 0. The molecule has 3 heterocycles. The van der Waals surface area contributed by atoms with E-state index in [1.54, 1.807) is 7.11 Å². The van der Waals surface area contributed by atoms with Crippen molar-refractivity contribution >= 4 is 0 Å². The predicted molar refractivity (Wildman–Crippen MR) is 94.6 cm³/mol. The maximum atomic E-state index is 6.27. The molecule has 0 amide bonds. The van der Waals surface area contributed by atoms with E-state index in [1.165, 1.54) is 0 Å². The summed E-state index contributed by atoms with van der Waals surface area (Å²) < 4.78 is 36.1. The Morgan fingerprint density at radius 2 is 1.30 bits per heavy atom. The molecule has 2 aromatic carbocycles. The molecule has 0 radical (unpaired) electrons. The molecule has 3 fully saturated rings. The fourth-order valence-electron chi connectivity index (χ4n) is 3.90. The van der Waals surface area contributed by atoms with Gasteiger partial charge in [0.15, 0.2) is 18.9 Å². The molecule has 3 unspecified atom stereocenters. The smallest absolute Gasteiger partial charge is 0.186 e. The zero-order valence-corrected chi connectivity index (χ0v) is 15.0. The molecule has 5 rings (SSSR count). The molecule has 0 aliphatic carbocycles. The van der Waals surface area contributed by atoms with Gasteiger partial charge in [-0.25, -0.2) is 0 Å². The molecular formula is C21H22O6. The van der Waals surface area contributed by atoms with E-state index < -0.39 is 18.9 Å². The molecule has 6 nitrogen and oxygen atoms in total. The first-order valence-electron chi connectivity index (χ1n) is 9.19. The van der Waals surface area contributed by atoms with Crippen LogP contribution in [0, 0.1) is 0 Å². The van der Waals surface area contributed by atoms with E-state index in [1.807, 2.05) is 60.7 Å². The second kappa shape index (κ2) is 7.31. The molecule has 3 aliphatic heterocycles. The molecule has 7 atom stereocenters. The summed E-state index contributed by atoms with van der Waals surface area (Å²) in [7, 11) is 1.61. The summed E-state index contributed by atoms with van der Waals surface area (Å²) >= 11 is 0. The standard InChI is InChI=1S/C21H22O6/c1-22-21-18-17(26-20(27-18)14-10-6-3-7-11-14)16-15(24-21)12-23-19(25-16)13-8-4-2-5-9-13/h2-11,15-21H,12H2,1H3/t15-,16?,17+,18?,19?,20-,21+/m1/s1. The van der Waals surface area contributed by atoms with E-state index in [0.29, 0.717) is 6.61 Å². The van der Waals surface area contributed by atoms with Gasteiger partial charge in [0.25, 0.3) is 0 Å². The molecule has 0 spiro atoms. The van der Waals surface area contributed by atoms with E-state index >= 15 is 0 Å². The Balaban J connectivity index is 1.39. The van der Waals surface area contributed by atoms with Crippen LogP contribution in [0.1, 0.15) is 23.7 Å². The van der Waals surface area contributed by atoms with Crippen LogP contribution in [-0.2, 0) is 28.4 Å². The van der Waals surface area contributed by atoms with Gasteiger partial charge in [-0.1, -0.05) is 60.7 Å². The van der Waals surface area contributed by atoms with Crippen LogP contribution in [0.15, 0.2) is 60.7 Å². The van der Waals surface area contributed by atoms with Crippen molar-refractivity contribution in [2.75, 3.05) is 13.7 Å². The second-order valence-corrected chi connectivity index (χ2v) is 6.90. The minimum Gasteiger partial charge on any atom is -0.353 e. The van der Waals surface area contributed by atoms with Gasteiger partial charge in [-0.2, -0.15) is 0 Å². The van der Waals surface area contributed by atoms with Gasteiger partial charge in [-0.05, 0) is 0 Å². The topological polar surface area (TPSA) is 55.4 Å². The van der Waals surface area contributed by atoms with Crippen molar-refractivity contribution < 1.29 is 28.4 Å². The lowest BCUT2D eigenvalue weighted by molar-refractivity contribution is -0.343. The summed E-state index contributed by atoms with van der Waals surface area (Å²) in [6.45, 7) is 0.409. The average Bonchev–Trinajstić information content (AvgIpc) is 3.20. The first-order valence-corrected chi connectivity index (χ1v) is 9.19. The molecule has 3 saturated heterocycles. The van der Waals surface area contributed by atoms with Crippen molar-refractivity contribution in [3.8, 4) is 0 Å². The number of benzene rings is 2. The van der Waals surface area contributed by atoms with Gasteiger partial charge in [0.05, 0.1) is 6.61 Å². The van der Waals surface area contributed by atoms with Crippen LogP contribution in [0.3, 0.4) is 0 Å². The van der Waals surface area contributed by atoms with Gasteiger partial charge in [0, 0.05) is 18.2 Å². The normalized spacial score (nSPS) is 38.2. The first-order chi connectivity index (χ1) is 13.3. The maximum Gasteiger partial charge on any atom is 0.186 e. The van der Waals surface area contributed by atoms with Crippen LogP contribution < -0.4 is 0 Å². The highest BCUT2D eigenvalue weighted by atomic mass is 16.8. The summed E-state index contributed by atoms with van der Waals surface area (Å²) in [6, 6.07) is 19.8. The molecule has 27 heavy (non-hydrogen) atoms. The molecule has 2 aromatic rings. The predicted octanol–water partition coefficient (Wildman–Crippen LogP) is 2.95. The van der Waals surface area contributed by atoms with E-state index in [-0.39, 0.29) is 24.4 Å². The number of hydrogen-bond donors (Lipinski definition) is 0. The Kier molecular flexibility index (Phi) is 4.69. The molecule has 0 saturated carbocycles. The number of hydrogen-bond acceptors (Lipinski definition) is 6. The number of methoxy groups -OCH3 is 1. The van der Waals surface area contributed by atoms with Crippen LogP contribution in [0.2, 0.25) is 0 Å². The van der Waals surface area contributed by atoms with E-state index in [4.69, 9.17) is 28.4 Å². The zero-order valence-electron chi connectivity index (χ0n) is 15.0. The van der Waals surface area contributed by atoms with Crippen LogP contribution in [0.25, 0.3) is 0 Å².